The van der Waals surface area contributed by atoms with Gasteiger partial charge in [0, 0.05) is 24.4 Å². The van der Waals surface area contributed by atoms with E-state index in [-0.39, 0.29) is 57.1 Å². The highest BCUT2D eigenvalue weighted by Gasteiger charge is 2.41. The fraction of sp³-hybridized carbons (Fsp3) is 0.842. The minimum absolute atomic E-state index is 0.0695. The quantitative estimate of drug-likeness (QED) is 0.302. The van der Waals surface area contributed by atoms with E-state index in [9.17, 15) is 14.4 Å². The Kier molecular flexibility index (Phi) is 11.2. The van der Waals surface area contributed by atoms with Crippen LogP contribution in [-0.4, -0.2) is 61.8 Å². The number of amides is 3. The third-order valence-electron chi connectivity index (χ3n) is 4.57. The predicted molar refractivity (Wildman–Crippen MR) is 107 cm³/mol. The molecule has 0 aromatic carbocycles. The first-order chi connectivity index (χ1) is 12.8. The van der Waals surface area contributed by atoms with Gasteiger partial charge in [0.2, 0.25) is 17.7 Å². The van der Waals surface area contributed by atoms with Crippen LogP contribution in [0.1, 0.15) is 54.4 Å². The zero-order valence-electron chi connectivity index (χ0n) is 18.1. The summed E-state index contributed by atoms with van der Waals surface area (Å²) in [4.78, 5) is 35.1. The van der Waals surface area contributed by atoms with E-state index >= 15 is 0 Å². The van der Waals surface area contributed by atoms with Gasteiger partial charge in [-0.2, -0.15) is 0 Å². The molecule has 1 unspecified atom stereocenters. The standard InChI is InChI=1S/C19H38N4O5/c1-13(2)22-16(25)8-10-28-12-14(11-27-9-7-15(20)24)23-17(26)18(3,4)19(5,6)21/h13-14H,7-12,21H2,1-6H3,(H2,20,24)(H,22,25)(H,23,26). The highest BCUT2D eigenvalue weighted by Crippen LogP contribution is 2.28. The van der Waals surface area contributed by atoms with E-state index < -0.39 is 22.9 Å². The van der Waals surface area contributed by atoms with Gasteiger partial charge in [0.1, 0.15) is 0 Å². The van der Waals surface area contributed by atoms with Gasteiger partial charge in [-0.25, -0.2) is 0 Å². The number of hydrogen-bond donors (Lipinski definition) is 4. The van der Waals surface area contributed by atoms with Crippen LogP contribution < -0.4 is 22.1 Å². The van der Waals surface area contributed by atoms with Crippen molar-refractivity contribution in [2.24, 2.45) is 16.9 Å². The summed E-state index contributed by atoms with van der Waals surface area (Å²) in [5.41, 5.74) is 9.66. The molecule has 9 nitrogen and oxygen atoms in total. The lowest BCUT2D eigenvalue weighted by Crippen LogP contribution is -2.58. The lowest BCUT2D eigenvalue weighted by atomic mass is 9.74. The fourth-order valence-corrected chi connectivity index (χ4v) is 1.97. The molecule has 0 heterocycles. The number of ether oxygens (including phenoxy) is 2. The molecule has 6 N–H and O–H groups in total. The largest absolute Gasteiger partial charge is 0.379 e. The van der Waals surface area contributed by atoms with Crippen molar-refractivity contribution < 1.29 is 23.9 Å². The highest BCUT2D eigenvalue weighted by atomic mass is 16.5. The number of rotatable bonds is 14. The molecule has 0 radical (unpaired) electrons. The van der Waals surface area contributed by atoms with Crippen LogP contribution in [0.3, 0.4) is 0 Å². The molecule has 0 aliphatic rings. The van der Waals surface area contributed by atoms with Crippen LogP contribution in [0.5, 0.6) is 0 Å². The molecule has 0 saturated heterocycles. The monoisotopic (exact) mass is 402 g/mol. The van der Waals surface area contributed by atoms with Gasteiger partial charge in [0.05, 0.1) is 37.9 Å². The van der Waals surface area contributed by atoms with Crippen molar-refractivity contribution >= 4 is 17.7 Å². The van der Waals surface area contributed by atoms with Gasteiger partial charge in [0.25, 0.3) is 0 Å². The number of nitrogens with two attached hydrogens (primary N) is 2. The zero-order chi connectivity index (χ0) is 22.0. The summed E-state index contributed by atoms with van der Waals surface area (Å²) in [7, 11) is 0. The van der Waals surface area contributed by atoms with Crippen LogP contribution in [0.4, 0.5) is 0 Å². The van der Waals surface area contributed by atoms with Crippen LogP contribution in [0.2, 0.25) is 0 Å². The average Bonchev–Trinajstić information content (AvgIpc) is 2.52. The maximum absolute atomic E-state index is 12.7. The van der Waals surface area contributed by atoms with Crippen molar-refractivity contribution in [1.29, 1.82) is 0 Å². The van der Waals surface area contributed by atoms with Crippen LogP contribution in [0.15, 0.2) is 0 Å². The van der Waals surface area contributed by atoms with E-state index in [1.807, 2.05) is 13.8 Å². The number of carbonyl (C=O) groups excluding carboxylic acids is 3. The lowest BCUT2D eigenvalue weighted by Gasteiger charge is -2.38. The van der Waals surface area contributed by atoms with Crippen LogP contribution in [0.25, 0.3) is 0 Å². The summed E-state index contributed by atoms with van der Waals surface area (Å²) in [6.45, 7) is 11.6. The highest BCUT2D eigenvalue weighted by molar-refractivity contribution is 5.83. The fourth-order valence-electron chi connectivity index (χ4n) is 1.97. The molecule has 0 saturated carbocycles. The van der Waals surface area contributed by atoms with Gasteiger partial charge in [-0.1, -0.05) is 0 Å². The smallest absolute Gasteiger partial charge is 0.227 e. The Labute approximate surface area is 168 Å². The van der Waals surface area contributed by atoms with Gasteiger partial charge < -0.3 is 31.6 Å². The van der Waals surface area contributed by atoms with Crippen molar-refractivity contribution in [3.8, 4) is 0 Å². The number of carbonyl (C=O) groups is 3. The molecule has 3 amide bonds. The van der Waals surface area contributed by atoms with Crippen LogP contribution in [-0.2, 0) is 23.9 Å². The second-order valence-electron chi connectivity index (χ2n) is 8.36. The Morgan fingerprint density at radius 3 is 1.86 bits per heavy atom. The maximum atomic E-state index is 12.7. The maximum Gasteiger partial charge on any atom is 0.227 e. The topological polar surface area (TPSA) is 146 Å². The molecule has 0 rings (SSSR count). The predicted octanol–water partition coefficient (Wildman–Crippen LogP) is 0.0580. The average molecular weight is 403 g/mol. The summed E-state index contributed by atoms with van der Waals surface area (Å²) in [6, 6.07) is -0.379. The molecular weight excluding hydrogens is 364 g/mol. The Hall–Kier alpha value is -1.71. The SMILES string of the molecule is CC(C)NC(=O)CCOCC(COCCC(N)=O)NC(=O)C(C)(C)C(C)(C)N. The van der Waals surface area contributed by atoms with Gasteiger partial charge in [-0.3, -0.25) is 14.4 Å². The first-order valence-electron chi connectivity index (χ1n) is 9.60. The molecule has 1 atom stereocenters. The first-order valence-corrected chi connectivity index (χ1v) is 9.60. The molecule has 0 bridgehead atoms. The molecule has 0 spiro atoms. The minimum atomic E-state index is -0.824. The number of primary amides is 1. The van der Waals surface area contributed by atoms with Crippen LogP contribution in [0, 0.1) is 5.41 Å². The van der Waals surface area contributed by atoms with E-state index in [1.54, 1.807) is 27.7 Å². The van der Waals surface area contributed by atoms with Crippen molar-refractivity contribution in [3.05, 3.63) is 0 Å². The summed E-state index contributed by atoms with van der Waals surface area (Å²) in [5.74, 6) is -0.789. The van der Waals surface area contributed by atoms with E-state index in [0.29, 0.717) is 0 Å². The summed E-state index contributed by atoms with van der Waals surface area (Å²) in [6.07, 6.45) is 0.320. The summed E-state index contributed by atoms with van der Waals surface area (Å²) < 4.78 is 11.0. The van der Waals surface area contributed by atoms with E-state index in [0.717, 1.165) is 0 Å². The lowest BCUT2D eigenvalue weighted by molar-refractivity contribution is -0.134. The zero-order valence-corrected chi connectivity index (χ0v) is 18.1. The Balaban J connectivity index is 4.67. The van der Waals surface area contributed by atoms with Gasteiger partial charge in [-0.15, -0.1) is 0 Å². The van der Waals surface area contributed by atoms with Crippen molar-refractivity contribution in [1.82, 2.24) is 10.6 Å². The van der Waals surface area contributed by atoms with E-state index in [4.69, 9.17) is 20.9 Å². The Bertz CT molecular complexity index is 515. The molecule has 164 valence electrons. The van der Waals surface area contributed by atoms with Crippen molar-refractivity contribution in [2.75, 3.05) is 26.4 Å². The first kappa shape index (κ1) is 26.3. The second kappa shape index (κ2) is 12.0. The Morgan fingerprint density at radius 2 is 1.43 bits per heavy atom. The summed E-state index contributed by atoms with van der Waals surface area (Å²) >= 11 is 0. The normalized spacial score (nSPS) is 13.3. The number of nitrogens with one attached hydrogen (secondary N) is 2. The minimum Gasteiger partial charge on any atom is -0.379 e. The van der Waals surface area contributed by atoms with Gasteiger partial charge >= 0.3 is 0 Å². The molecule has 9 heteroatoms. The molecule has 0 aliphatic carbocycles. The van der Waals surface area contributed by atoms with Crippen LogP contribution >= 0.6 is 0 Å². The van der Waals surface area contributed by atoms with Gasteiger partial charge in [0.15, 0.2) is 0 Å². The molecule has 28 heavy (non-hydrogen) atoms. The summed E-state index contributed by atoms with van der Waals surface area (Å²) in [5, 5.41) is 5.67. The molecular formula is C19H38N4O5. The molecule has 0 aliphatic heterocycles. The van der Waals surface area contributed by atoms with E-state index in [2.05, 4.69) is 10.6 Å². The van der Waals surface area contributed by atoms with Crippen molar-refractivity contribution in [3.63, 3.8) is 0 Å². The molecule has 0 aromatic heterocycles. The number of hydrogen-bond acceptors (Lipinski definition) is 6. The third-order valence-corrected chi connectivity index (χ3v) is 4.57. The third kappa shape index (κ3) is 10.6. The molecule has 0 fully saturated rings. The Morgan fingerprint density at radius 1 is 0.929 bits per heavy atom. The second-order valence-corrected chi connectivity index (χ2v) is 8.36. The van der Waals surface area contributed by atoms with Gasteiger partial charge in [-0.05, 0) is 41.5 Å². The molecule has 0 aromatic rings. The van der Waals surface area contributed by atoms with Crippen molar-refractivity contribution in [2.45, 2.75) is 72.0 Å². The van der Waals surface area contributed by atoms with E-state index in [1.165, 1.54) is 0 Å².